The molecule has 0 aliphatic carbocycles. The highest BCUT2D eigenvalue weighted by Gasteiger charge is 2.24. The molecule has 2 aromatic carbocycles. The summed E-state index contributed by atoms with van der Waals surface area (Å²) in [5, 5.41) is 6.65. The highest BCUT2D eigenvalue weighted by molar-refractivity contribution is 6.30. The number of morpholine rings is 1. The molecular weight excluding hydrogens is 362 g/mol. The van der Waals surface area contributed by atoms with Crippen molar-refractivity contribution in [3.63, 3.8) is 0 Å². The maximum absolute atomic E-state index is 12.5. The normalized spacial score (nSPS) is 20.8. The molecule has 0 aromatic heterocycles. The van der Waals surface area contributed by atoms with Crippen LogP contribution < -0.4 is 15.5 Å². The van der Waals surface area contributed by atoms with Gasteiger partial charge in [0.2, 0.25) is 0 Å². The molecule has 2 N–H and O–H groups in total. The van der Waals surface area contributed by atoms with Crippen LogP contribution in [0.5, 0.6) is 0 Å². The molecule has 5 nitrogen and oxygen atoms in total. The minimum atomic E-state index is -0.237. The van der Waals surface area contributed by atoms with Crippen LogP contribution >= 0.6 is 11.6 Å². The SMILES string of the molecule is CC1CN(c2ccccc2NC(=O)NC(C)c2ccc(Cl)cc2)CC(C)O1. The van der Waals surface area contributed by atoms with E-state index in [-0.39, 0.29) is 24.3 Å². The topological polar surface area (TPSA) is 53.6 Å². The van der Waals surface area contributed by atoms with Crippen molar-refractivity contribution in [3.05, 3.63) is 59.1 Å². The van der Waals surface area contributed by atoms with E-state index in [1.165, 1.54) is 0 Å². The van der Waals surface area contributed by atoms with Crippen LogP contribution in [-0.2, 0) is 4.74 Å². The fourth-order valence-electron chi connectivity index (χ4n) is 3.42. The second kappa shape index (κ2) is 8.63. The van der Waals surface area contributed by atoms with Crippen LogP contribution in [0.15, 0.2) is 48.5 Å². The monoisotopic (exact) mass is 387 g/mol. The van der Waals surface area contributed by atoms with Gasteiger partial charge in [0.05, 0.1) is 29.6 Å². The van der Waals surface area contributed by atoms with Gasteiger partial charge in [0.15, 0.2) is 0 Å². The molecule has 3 unspecified atom stereocenters. The number of hydrogen-bond acceptors (Lipinski definition) is 3. The van der Waals surface area contributed by atoms with Crippen LogP contribution in [0.1, 0.15) is 32.4 Å². The molecule has 0 bridgehead atoms. The summed E-state index contributed by atoms with van der Waals surface area (Å²) in [7, 11) is 0. The zero-order chi connectivity index (χ0) is 19.4. The first-order chi connectivity index (χ1) is 12.9. The van der Waals surface area contributed by atoms with Crippen molar-refractivity contribution in [3.8, 4) is 0 Å². The number of anilines is 2. The number of carbonyl (C=O) groups excluding carboxylic acids is 1. The second-order valence-electron chi connectivity index (χ2n) is 7.05. The third-order valence-corrected chi connectivity index (χ3v) is 4.88. The summed E-state index contributed by atoms with van der Waals surface area (Å²) < 4.78 is 5.82. The molecule has 144 valence electrons. The summed E-state index contributed by atoms with van der Waals surface area (Å²) >= 11 is 5.93. The Morgan fingerprint density at radius 1 is 1.11 bits per heavy atom. The Kier molecular flexibility index (Phi) is 6.24. The number of halogens is 1. The molecule has 2 amide bonds. The van der Waals surface area contributed by atoms with E-state index in [0.717, 1.165) is 30.0 Å². The summed E-state index contributed by atoms with van der Waals surface area (Å²) in [4.78, 5) is 14.8. The minimum absolute atomic E-state index is 0.127. The third-order valence-electron chi connectivity index (χ3n) is 4.63. The highest BCUT2D eigenvalue weighted by Crippen LogP contribution is 2.28. The molecule has 1 aliphatic heterocycles. The van der Waals surface area contributed by atoms with Gasteiger partial charge in [-0.1, -0.05) is 35.9 Å². The first-order valence-electron chi connectivity index (χ1n) is 9.25. The lowest BCUT2D eigenvalue weighted by atomic mass is 10.1. The van der Waals surface area contributed by atoms with Gasteiger partial charge in [-0.25, -0.2) is 4.79 Å². The van der Waals surface area contributed by atoms with Crippen molar-refractivity contribution in [1.82, 2.24) is 5.32 Å². The predicted molar refractivity (Wildman–Crippen MR) is 111 cm³/mol. The number of ether oxygens (including phenoxy) is 1. The van der Waals surface area contributed by atoms with Crippen LogP contribution in [0.4, 0.5) is 16.2 Å². The van der Waals surface area contributed by atoms with Gasteiger partial charge in [-0.2, -0.15) is 0 Å². The van der Waals surface area contributed by atoms with Gasteiger partial charge in [-0.15, -0.1) is 0 Å². The Morgan fingerprint density at radius 2 is 1.74 bits per heavy atom. The van der Waals surface area contributed by atoms with Crippen molar-refractivity contribution < 1.29 is 9.53 Å². The van der Waals surface area contributed by atoms with E-state index >= 15 is 0 Å². The Labute approximate surface area is 165 Å². The average Bonchev–Trinajstić information content (AvgIpc) is 2.61. The maximum Gasteiger partial charge on any atom is 0.319 e. The summed E-state index contributed by atoms with van der Waals surface area (Å²) in [5.74, 6) is 0. The zero-order valence-electron chi connectivity index (χ0n) is 15.9. The molecule has 1 heterocycles. The molecule has 0 saturated carbocycles. The van der Waals surface area contributed by atoms with Crippen molar-refractivity contribution in [2.24, 2.45) is 0 Å². The second-order valence-corrected chi connectivity index (χ2v) is 7.49. The van der Waals surface area contributed by atoms with Gasteiger partial charge in [-0.3, -0.25) is 0 Å². The van der Waals surface area contributed by atoms with Gasteiger partial charge in [0, 0.05) is 18.1 Å². The lowest BCUT2D eigenvalue weighted by Gasteiger charge is -2.37. The first kappa shape index (κ1) is 19.5. The number of hydrogen-bond donors (Lipinski definition) is 2. The number of nitrogens with zero attached hydrogens (tertiary/aromatic N) is 1. The number of rotatable bonds is 4. The molecule has 1 saturated heterocycles. The van der Waals surface area contributed by atoms with Crippen molar-refractivity contribution >= 4 is 29.0 Å². The van der Waals surface area contributed by atoms with Crippen LogP contribution in [0.25, 0.3) is 0 Å². The van der Waals surface area contributed by atoms with E-state index < -0.39 is 0 Å². The van der Waals surface area contributed by atoms with E-state index in [1.54, 1.807) is 0 Å². The van der Waals surface area contributed by atoms with Crippen LogP contribution in [0.2, 0.25) is 5.02 Å². The predicted octanol–water partition coefficient (Wildman–Crippen LogP) is 4.84. The van der Waals surface area contributed by atoms with E-state index in [1.807, 2.05) is 55.5 Å². The Hall–Kier alpha value is -2.24. The molecular formula is C21H26ClN3O2. The van der Waals surface area contributed by atoms with Crippen molar-refractivity contribution in [1.29, 1.82) is 0 Å². The van der Waals surface area contributed by atoms with Gasteiger partial charge < -0.3 is 20.3 Å². The summed E-state index contributed by atoms with van der Waals surface area (Å²) in [6, 6.07) is 15.0. The largest absolute Gasteiger partial charge is 0.372 e. The first-order valence-corrected chi connectivity index (χ1v) is 9.62. The molecule has 3 atom stereocenters. The Bertz CT molecular complexity index is 771. The minimum Gasteiger partial charge on any atom is -0.372 e. The number of nitrogens with one attached hydrogen (secondary N) is 2. The lowest BCUT2D eigenvalue weighted by Crippen LogP contribution is -2.45. The van der Waals surface area contributed by atoms with Gasteiger partial charge in [0.25, 0.3) is 0 Å². The quantitative estimate of drug-likeness (QED) is 0.789. The van der Waals surface area contributed by atoms with Crippen LogP contribution in [0, 0.1) is 0 Å². The van der Waals surface area contributed by atoms with Crippen LogP contribution in [-0.4, -0.2) is 31.3 Å². The standard InChI is InChI=1S/C21H26ClN3O2/c1-14-12-25(13-15(2)27-14)20-7-5-4-6-19(20)24-21(26)23-16(3)17-8-10-18(22)11-9-17/h4-11,14-16H,12-13H2,1-3H3,(H2,23,24,26). The molecule has 1 aliphatic rings. The zero-order valence-corrected chi connectivity index (χ0v) is 16.7. The molecule has 3 rings (SSSR count). The summed E-state index contributed by atoms with van der Waals surface area (Å²) in [6.45, 7) is 7.68. The fourth-order valence-corrected chi connectivity index (χ4v) is 3.55. The smallest absolute Gasteiger partial charge is 0.319 e. The van der Waals surface area contributed by atoms with Gasteiger partial charge in [0.1, 0.15) is 0 Å². The number of benzene rings is 2. The number of amides is 2. The average molecular weight is 388 g/mol. The van der Waals surface area contributed by atoms with Gasteiger partial charge in [-0.05, 0) is 50.6 Å². The van der Waals surface area contributed by atoms with Crippen LogP contribution in [0.3, 0.4) is 0 Å². The van der Waals surface area contributed by atoms with Crippen molar-refractivity contribution in [2.75, 3.05) is 23.3 Å². The number of carbonyl (C=O) groups is 1. The number of para-hydroxylation sites is 2. The summed E-state index contributed by atoms with van der Waals surface area (Å²) in [5.41, 5.74) is 2.80. The Balaban J connectivity index is 1.68. The maximum atomic E-state index is 12.5. The Morgan fingerprint density at radius 3 is 2.41 bits per heavy atom. The molecule has 2 aromatic rings. The van der Waals surface area contributed by atoms with E-state index in [4.69, 9.17) is 16.3 Å². The van der Waals surface area contributed by atoms with E-state index in [9.17, 15) is 4.79 Å². The van der Waals surface area contributed by atoms with E-state index in [0.29, 0.717) is 5.02 Å². The number of urea groups is 1. The molecule has 6 heteroatoms. The van der Waals surface area contributed by atoms with Gasteiger partial charge >= 0.3 is 6.03 Å². The van der Waals surface area contributed by atoms with E-state index in [2.05, 4.69) is 29.4 Å². The lowest BCUT2D eigenvalue weighted by molar-refractivity contribution is -0.00517. The highest BCUT2D eigenvalue weighted by atomic mass is 35.5. The molecule has 0 radical (unpaired) electrons. The molecule has 0 spiro atoms. The van der Waals surface area contributed by atoms with Crippen molar-refractivity contribution in [2.45, 2.75) is 39.0 Å². The fraction of sp³-hybridized carbons (Fsp3) is 0.381. The molecule has 1 fully saturated rings. The summed E-state index contributed by atoms with van der Waals surface area (Å²) in [6.07, 6.45) is 0.307. The molecule has 27 heavy (non-hydrogen) atoms. The third kappa shape index (κ3) is 5.15.